The second-order valence-electron chi connectivity index (χ2n) is 14.0. The Balaban J connectivity index is 1.15. The summed E-state index contributed by atoms with van der Waals surface area (Å²) in [4.78, 5) is 2.33. The minimum atomic E-state index is -0.107. The van der Waals surface area contributed by atoms with E-state index < -0.39 is 0 Å². The van der Waals surface area contributed by atoms with Gasteiger partial charge in [-0.3, -0.25) is 0 Å². The Bertz CT molecular complexity index is 2830. The van der Waals surface area contributed by atoms with Gasteiger partial charge in [-0.15, -0.1) is 0 Å². The molecule has 0 saturated carbocycles. The van der Waals surface area contributed by atoms with E-state index in [9.17, 15) is 0 Å². The highest BCUT2D eigenvalue weighted by atomic mass is 16.5. The van der Waals surface area contributed by atoms with Crippen molar-refractivity contribution in [3.63, 3.8) is 0 Å². The standard InChI is InChI=1S/C50H32BNO2/c1-4-15-33(16-5-1)34-27-29-35(30-28-34)42-31-46-48(40-23-12-10-21-38(40)42)51-49-41-24-13-11-22-39(41)43(32-47(49)54-45-26-14-25-44(53-46)50(45)51)52(36-17-6-2-7-18-36)37-19-8-3-9-20-37/h1-32H. The van der Waals surface area contributed by atoms with Crippen LogP contribution in [0.3, 0.4) is 0 Å². The Kier molecular flexibility index (Phi) is 6.96. The van der Waals surface area contributed by atoms with Crippen molar-refractivity contribution in [3.05, 3.63) is 194 Å². The molecule has 2 heterocycles. The summed E-state index contributed by atoms with van der Waals surface area (Å²) in [5.41, 5.74) is 11.3. The van der Waals surface area contributed by atoms with Gasteiger partial charge in [0.25, 0.3) is 6.71 Å². The average Bonchev–Trinajstić information content (AvgIpc) is 3.24. The number of anilines is 3. The molecule has 0 radical (unpaired) electrons. The predicted molar refractivity (Wildman–Crippen MR) is 225 cm³/mol. The van der Waals surface area contributed by atoms with Crippen molar-refractivity contribution in [1.29, 1.82) is 0 Å². The zero-order valence-electron chi connectivity index (χ0n) is 29.3. The molecule has 0 unspecified atom stereocenters. The lowest BCUT2D eigenvalue weighted by atomic mass is 9.33. The summed E-state index contributed by atoms with van der Waals surface area (Å²) in [6, 6.07) is 68.8. The van der Waals surface area contributed by atoms with Crippen molar-refractivity contribution in [3.8, 4) is 45.3 Å². The van der Waals surface area contributed by atoms with Gasteiger partial charge in [0.1, 0.15) is 23.0 Å². The molecule has 0 saturated heterocycles. The zero-order valence-corrected chi connectivity index (χ0v) is 29.3. The van der Waals surface area contributed by atoms with Crippen LogP contribution in [-0.2, 0) is 0 Å². The minimum Gasteiger partial charge on any atom is -0.458 e. The third-order valence-corrected chi connectivity index (χ3v) is 11.0. The predicted octanol–water partition coefficient (Wildman–Crippen LogP) is 11.5. The number of para-hydroxylation sites is 2. The van der Waals surface area contributed by atoms with E-state index in [-0.39, 0.29) is 6.71 Å². The lowest BCUT2D eigenvalue weighted by Gasteiger charge is -2.36. The summed E-state index contributed by atoms with van der Waals surface area (Å²) in [6.45, 7) is -0.107. The highest BCUT2D eigenvalue weighted by molar-refractivity contribution is 7.01. The van der Waals surface area contributed by atoms with Crippen molar-refractivity contribution in [2.75, 3.05) is 4.90 Å². The van der Waals surface area contributed by atoms with Gasteiger partial charge in [0.2, 0.25) is 0 Å². The van der Waals surface area contributed by atoms with Crippen molar-refractivity contribution >= 4 is 61.7 Å². The molecule has 9 aromatic rings. The number of hydrogen-bond donors (Lipinski definition) is 0. The molecular weight excluding hydrogens is 657 g/mol. The van der Waals surface area contributed by atoms with Crippen LogP contribution in [0.25, 0.3) is 43.8 Å². The van der Waals surface area contributed by atoms with Crippen LogP contribution in [0.1, 0.15) is 0 Å². The number of hydrogen-bond acceptors (Lipinski definition) is 3. The van der Waals surface area contributed by atoms with Crippen LogP contribution in [0.2, 0.25) is 0 Å². The van der Waals surface area contributed by atoms with E-state index in [0.29, 0.717) is 0 Å². The van der Waals surface area contributed by atoms with Gasteiger partial charge in [0, 0.05) is 28.3 Å². The maximum absolute atomic E-state index is 6.96. The molecule has 0 aromatic heterocycles. The van der Waals surface area contributed by atoms with Gasteiger partial charge in [0.15, 0.2) is 0 Å². The smallest absolute Gasteiger partial charge is 0.262 e. The normalized spacial score (nSPS) is 12.3. The van der Waals surface area contributed by atoms with Crippen LogP contribution in [0.4, 0.5) is 17.1 Å². The number of ether oxygens (including phenoxy) is 2. The van der Waals surface area contributed by atoms with E-state index in [4.69, 9.17) is 9.47 Å². The third-order valence-electron chi connectivity index (χ3n) is 11.0. The quantitative estimate of drug-likeness (QED) is 0.168. The lowest BCUT2D eigenvalue weighted by molar-refractivity contribution is 0.465. The first-order valence-corrected chi connectivity index (χ1v) is 18.5. The van der Waals surface area contributed by atoms with Gasteiger partial charge in [0.05, 0.1) is 5.69 Å². The number of benzene rings is 9. The molecule has 3 nitrogen and oxygen atoms in total. The van der Waals surface area contributed by atoms with E-state index in [1.807, 2.05) is 6.07 Å². The lowest BCUT2D eigenvalue weighted by Crippen LogP contribution is -2.58. The number of rotatable bonds is 5. The van der Waals surface area contributed by atoms with E-state index in [1.165, 1.54) is 27.4 Å². The zero-order chi connectivity index (χ0) is 35.6. The highest BCUT2D eigenvalue weighted by Crippen LogP contribution is 2.45. The van der Waals surface area contributed by atoms with Crippen molar-refractivity contribution in [2.24, 2.45) is 0 Å². The second kappa shape index (κ2) is 12.3. The van der Waals surface area contributed by atoms with Crippen LogP contribution in [-0.4, -0.2) is 6.71 Å². The van der Waals surface area contributed by atoms with Crippen LogP contribution in [0, 0.1) is 0 Å². The Hall–Kier alpha value is -7.04. The average molecular weight is 690 g/mol. The molecule has 0 bridgehead atoms. The van der Waals surface area contributed by atoms with Crippen LogP contribution >= 0.6 is 0 Å². The molecule has 0 fully saturated rings. The highest BCUT2D eigenvalue weighted by Gasteiger charge is 2.43. The number of fused-ring (bicyclic) bond motifs is 8. The molecule has 2 aliphatic heterocycles. The summed E-state index contributed by atoms with van der Waals surface area (Å²) in [6.07, 6.45) is 0. The molecule has 54 heavy (non-hydrogen) atoms. The van der Waals surface area contributed by atoms with Crippen LogP contribution in [0.5, 0.6) is 23.0 Å². The Morgan fingerprint density at radius 1 is 0.333 bits per heavy atom. The van der Waals surface area contributed by atoms with Gasteiger partial charge in [-0.1, -0.05) is 146 Å². The molecular formula is C50H32BNO2. The molecule has 11 rings (SSSR count). The van der Waals surface area contributed by atoms with Crippen LogP contribution < -0.4 is 30.8 Å². The molecule has 0 aliphatic carbocycles. The molecule has 4 heteroatoms. The largest absolute Gasteiger partial charge is 0.458 e. The fourth-order valence-corrected chi connectivity index (χ4v) is 8.62. The minimum absolute atomic E-state index is 0.107. The third kappa shape index (κ3) is 4.77. The SMILES string of the molecule is c1ccc(-c2ccc(-c3cc4c(c5ccccc35)B3c5c(cccc5Oc5cc(N(c6ccccc6)c6ccccc6)c6ccccc6c53)O4)cc2)cc1. The van der Waals surface area contributed by atoms with Crippen molar-refractivity contribution < 1.29 is 9.47 Å². The van der Waals surface area contributed by atoms with Crippen molar-refractivity contribution in [2.45, 2.75) is 0 Å². The molecule has 0 spiro atoms. The summed E-state index contributed by atoms with van der Waals surface area (Å²) in [7, 11) is 0. The van der Waals surface area contributed by atoms with E-state index in [0.717, 1.165) is 72.9 Å². The maximum Gasteiger partial charge on any atom is 0.262 e. The van der Waals surface area contributed by atoms with Crippen LogP contribution in [0.15, 0.2) is 194 Å². The Labute approximate surface area is 314 Å². The monoisotopic (exact) mass is 689 g/mol. The van der Waals surface area contributed by atoms with Gasteiger partial charge in [-0.25, -0.2) is 0 Å². The molecule has 0 N–H and O–H groups in total. The second-order valence-corrected chi connectivity index (χ2v) is 14.0. The van der Waals surface area contributed by atoms with Gasteiger partial charge < -0.3 is 14.4 Å². The summed E-state index contributed by atoms with van der Waals surface area (Å²) in [5.74, 6) is 3.39. The first-order valence-electron chi connectivity index (χ1n) is 18.5. The Morgan fingerprint density at radius 3 is 1.41 bits per heavy atom. The number of nitrogens with zero attached hydrogens (tertiary/aromatic N) is 1. The van der Waals surface area contributed by atoms with E-state index >= 15 is 0 Å². The fraction of sp³-hybridized carbons (Fsp3) is 0. The van der Waals surface area contributed by atoms with E-state index in [1.54, 1.807) is 0 Å². The van der Waals surface area contributed by atoms with Gasteiger partial charge >= 0.3 is 0 Å². The first-order chi connectivity index (χ1) is 26.8. The van der Waals surface area contributed by atoms with Gasteiger partial charge in [-0.2, -0.15) is 0 Å². The maximum atomic E-state index is 6.96. The van der Waals surface area contributed by atoms with Gasteiger partial charge in [-0.05, 0) is 91.8 Å². The first kappa shape index (κ1) is 30.6. The molecule has 252 valence electrons. The van der Waals surface area contributed by atoms with E-state index in [2.05, 4.69) is 193 Å². The molecule has 2 aliphatic rings. The molecule has 0 atom stereocenters. The molecule has 9 aromatic carbocycles. The van der Waals surface area contributed by atoms with Crippen molar-refractivity contribution in [1.82, 2.24) is 0 Å². The topological polar surface area (TPSA) is 21.7 Å². The molecule has 0 amide bonds. The summed E-state index contributed by atoms with van der Waals surface area (Å²) in [5, 5.41) is 4.69. The Morgan fingerprint density at radius 2 is 0.796 bits per heavy atom. The fourth-order valence-electron chi connectivity index (χ4n) is 8.62. The summed E-state index contributed by atoms with van der Waals surface area (Å²) < 4.78 is 13.9. The summed E-state index contributed by atoms with van der Waals surface area (Å²) >= 11 is 0.